The number of hydrogen-bond acceptors (Lipinski definition) is 4. The minimum atomic E-state index is -0.0354. The summed E-state index contributed by atoms with van der Waals surface area (Å²) >= 11 is 6.43. The fourth-order valence-electron chi connectivity index (χ4n) is 2.86. The first kappa shape index (κ1) is 19.8. The summed E-state index contributed by atoms with van der Waals surface area (Å²) in [6.45, 7) is 8.24. The van der Waals surface area contributed by atoms with Gasteiger partial charge in [-0.15, -0.1) is 0 Å². The van der Waals surface area contributed by atoms with E-state index in [1.54, 1.807) is 12.1 Å². The zero-order valence-corrected chi connectivity index (χ0v) is 17.1. The fourth-order valence-corrected chi connectivity index (χ4v) is 3.12. The molecule has 28 heavy (non-hydrogen) atoms. The maximum absolute atomic E-state index is 9.67. The summed E-state index contributed by atoms with van der Waals surface area (Å²) in [4.78, 5) is 7.73. The van der Waals surface area contributed by atoms with Gasteiger partial charge in [-0.05, 0) is 69.2 Å². The van der Waals surface area contributed by atoms with Crippen LogP contribution in [0, 0.1) is 18.3 Å². The highest BCUT2D eigenvalue weighted by molar-refractivity contribution is 6.32. The first-order valence-electron chi connectivity index (χ1n) is 9.12. The molecule has 0 unspecified atom stereocenters. The quantitative estimate of drug-likeness (QED) is 0.537. The lowest BCUT2D eigenvalue weighted by Crippen LogP contribution is -2.08. The number of rotatable bonds is 6. The Bertz CT molecular complexity index is 1080. The van der Waals surface area contributed by atoms with E-state index in [0.717, 1.165) is 22.2 Å². The number of nitriles is 1. The highest BCUT2D eigenvalue weighted by Gasteiger charge is 2.15. The van der Waals surface area contributed by atoms with Crippen LogP contribution < -0.4 is 9.47 Å². The predicted molar refractivity (Wildman–Crippen MR) is 113 cm³/mol. The van der Waals surface area contributed by atoms with E-state index in [0.29, 0.717) is 34.5 Å². The summed E-state index contributed by atoms with van der Waals surface area (Å²) in [5.74, 6) is 1.57. The van der Waals surface area contributed by atoms with Crippen LogP contribution >= 0.6 is 11.6 Å². The van der Waals surface area contributed by atoms with E-state index in [2.05, 4.69) is 16.0 Å². The van der Waals surface area contributed by atoms with Gasteiger partial charge in [0.1, 0.15) is 11.9 Å². The van der Waals surface area contributed by atoms with E-state index < -0.39 is 0 Å². The van der Waals surface area contributed by atoms with Crippen molar-refractivity contribution in [1.29, 1.82) is 5.26 Å². The molecule has 1 aromatic heterocycles. The van der Waals surface area contributed by atoms with Crippen molar-refractivity contribution >= 4 is 34.3 Å². The summed E-state index contributed by atoms with van der Waals surface area (Å²) in [6.07, 6.45) is 1.70. The van der Waals surface area contributed by atoms with Gasteiger partial charge in [-0.25, -0.2) is 4.98 Å². The van der Waals surface area contributed by atoms with Crippen molar-refractivity contribution in [3.05, 3.63) is 52.3 Å². The highest BCUT2D eigenvalue weighted by atomic mass is 35.5. The zero-order chi connectivity index (χ0) is 20.3. The Morgan fingerprint density at radius 2 is 2.11 bits per heavy atom. The van der Waals surface area contributed by atoms with Gasteiger partial charge in [0.25, 0.3) is 0 Å². The summed E-state index contributed by atoms with van der Waals surface area (Å²) < 4.78 is 11.5. The molecule has 0 saturated carbocycles. The first-order valence-corrected chi connectivity index (χ1v) is 9.50. The fraction of sp³-hybridized carbons (Fsp3) is 0.273. The van der Waals surface area contributed by atoms with E-state index in [9.17, 15) is 5.26 Å². The van der Waals surface area contributed by atoms with Crippen LogP contribution in [0.5, 0.6) is 11.5 Å². The van der Waals surface area contributed by atoms with Crippen LogP contribution in [0.3, 0.4) is 0 Å². The summed E-state index contributed by atoms with van der Waals surface area (Å²) in [6, 6.07) is 11.7. The molecule has 0 bridgehead atoms. The third-order valence-electron chi connectivity index (χ3n) is 4.01. The summed E-state index contributed by atoms with van der Waals surface area (Å²) in [7, 11) is 0. The normalized spacial score (nSPS) is 11.7. The predicted octanol–water partition coefficient (Wildman–Crippen LogP) is 5.77. The van der Waals surface area contributed by atoms with Crippen LogP contribution in [0.15, 0.2) is 30.3 Å². The Balaban J connectivity index is 2.05. The number of H-pyrrole nitrogens is 1. The van der Waals surface area contributed by atoms with E-state index in [1.165, 1.54) is 0 Å². The van der Waals surface area contributed by atoms with Gasteiger partial charge in [0.05, 0.1) is 34.3 Å². The lowest BCUT2D eigenvalue weighted by atomic mass is 10.1. The molecular formula is C22H22ClN3O2. The van der Waals surface area contributed by atoms with Crippen molar-refractivity contribution in [2.24, 2.45) is 0 Å². The van der Waals surface area contributed by atoms with Crippen LogP contribution in [0.4, 0.5) is 0 Å². The maximum atomic E-state index is 9.67. The Morgan fingerprint density at radius 1 is 1.32 bits per heavy atom. The molecule has 0 atom stereocenters. The van der Waals surface area contributed by atoms with Crippen molar-refractivity contribution in [2.75, 3.05) is 6.61 Å². The Kier molecular flexibility index (Phi) is 5.91. The van der Waals surface area contributed by atoms with E-state index in [4.69, 9.17) is 21.1 Å². The number of aryl methyl sites for hydroxylation is 1. The van der Waals surface area contributed by atoms with Crippen LogP contribution in [0.25, 0.3) is 22.7 Å². The van der Waals surface area contributed by atoms with Crippen molar-refractivity contribution in [3.8, 4) is 17.6 Å². The molecule has 0 amide bonds. The molecule has 0 radical (unpaired) electrons. The molecule has 0 spiro atoms. The van der Waals surface area contributed by atoms with Crippen LogP contribution in [0.2, 0.25) is 5.02 Å². The first-order chi connectivity index (χ1) is 13.4. The van der Waals surface area contributed by atoms with Gasteiger partial charge in [-0.3, -0.25) is 0 Å². The molecule has 5 nitrogen and oxygen atoms in total. The second-order valence-electron chi connectivity index (χ2n) is 6.71. The largest absolute Gasteiger partial charge is 0.490 e. The average Bonchev–Trinajstić information content (AvgIpc) is 3.05. The van der Waals surface area contributed by atoms with E-state index in [-0.39, 0.29) is 6.10 Å². The summed E-state index contributed by atoms with van der Waals surface area (Å²) in [5, 5.41) is 10.1. The number of imidazole rings is 1. The molecule has 3 aromatic rings. The SMILES string of the molecule is CCOc1cc(C=C(C#N)c2nc3ccc(C)cc3[nH]2)cc(Cl)c1OC(C)C. The molecule has 0 aliphatic heterocycles. The molecule has 3 rings (SSSR count). The molecule has 0 aliphatic rings. The Morgan fingerprint density at radius 3 is 2.79 bits per heavy atom. The zero-order valence-electron chi connectivity index (χ0n) is 16.3. The topological polar surface area (TPSA) is 70.9 Å². The third kappa shape index (κ3) is 4.29. The second kappa shape index (κ2) is 8.37. The molecular weight excluding hydrogens is 374 g/mol. The minimum Gasteiger partial charge on any atom is -0.490 e. The second-order valence-corrected chi connectivity index (χ2v) is 7.11. The van der Waals surface area contributed by atoms with E-state index in [1.807, 2.05) is 52.0 Å². The van der Waals surface area contributed by atoms with Gasteiger partial charge in [0, 0.05) is 0 Å². The smallest absolute Gasteiger partial charge is 0.180 e. The van der Waals surface area contributed by atoms with Crippen molar-refractivity contribution in [1.82, 2.24) is 9.97 Å². The minimum absolute atomic E-state index is 0.0354. The molecule has 0 fully saturated rings. The van der Waals surface area contributed by atoms with Gasteiger partial charge < -0.3 is 14.5 Å². The Labute approximate surface area is 169 Å². The van der Waals surface area contributed by atoms with Gasteiger partial charge in [0.2, 0.25) is 0 Å². The molecule has 144 valence electrons. The number of aromatic nitrogens is 2. The maximum Gasteiger partial charge on any atom is 0.180 e. The van der Waals surface area contributed by atoms with Crippen LogP contribution in [-0.2, 0) is 0 Å². The molecule has 0 saturated heterocycles. The highest BCUT2D eigenvalue weighted by Crippen LogP contribution is 2.38. The van der Waals surface area contributed by atoms with Gasteiger partial charge in [0.15, 0.2) is 11.5 Å². The van der Waals surface area contributed by atoms with Crippen molar-refractivity contribution in [2.45, 2.75) is 33.8 Å². The number of hydrogen-bond donors (Lipinski definition) is 1. The monoisotopic (exact) mass is 395 g/mol. The molecule has 0 aliphatic carbocycles. The molecule has 1 heterocycles. The standard InChI is InChI=1S/C22H22ClN3O2/c1-5-27-20-11-15(10-17(23)21(20)28-13(2)3)9-16(12-24)22-25-18-7-6-14(4)8-19(18)26-22/h6-11,13H,5H2,1-4H3,(H,25,26). The number of nitrogens with zero attached hydrogens (tertiary/aromatic N) is 2. The van der Waals surface area contributed by atoms with Gasteiger partial charge in [-0.1, -0.05) is 17.7 Å². The van der Waals surface area contributed by atoms with Crippen molar-refractivity contribution in [3.63, 3.8) is 0 Å². The molecule has 1 N–H and O–H groups in total. The van der Waals surface area contributed by atoms with Crippen LogP contribution in [-0.4, -0.2) is 22.7 Å². The number of ether oxygens (including phenoxy) is 2. The average molecular weight is 396 g/mol. The third-order valence-corrected chi connectivity index (χ3v) is 4.29. The number of halogens is 1. The number of nitrogens with one attached hydrogen (secondary N) is 1. The lowest BCUT2D eigenvalue weighted by Gasteiger charge is -2.16. The number of fused-ring (bicyclic) bond motifs is 1. The summed E-state index contributed by atoms with van der Waals surface area (Å²) in [5.41, 5.74) is 3.97. The van der Waals surface area contributed by atoms with Crippen LogP contribution in [0.1, 0.15) is 37.7 Å². The molecule has 6 heteroatoms. The van der Waals surface area contributed by atoms with E-state index >= 15 is 0 Å². The number of allylic oxidation sites excluding steroid dienone is 1. The molecule has 2 aromatic carbocycles. The van der Waals surface area contributed by atoms with Crippen molar-refractivity contribution < 1.29 is 9.47 Å². The Hall–Kier alpha value is -2.97. The van der Waals surface area contributed by atoms with Gasteiger partial charge in [-0.2, -0.15) is 5.26 Å². The van der Waals surface area contributed by atoms with Gasteiger partial charge >= 0.3 is 0 Å². The number of aromatic amines is 1. The number of benzene rings is 2. The lowest BCUT2D eigenvalue weighted by molar-refractivity contribution is 0.224.